The van der Waals surface area contributed by atoms with Crippen LogP contribution in [0.3, 0.4) is 0 Å². The summed E-state index contributed by atoms with van der Waals surface area (Å²) in [5.74, 6) is 0.0970. The number of hydrogen-bond acceptors (Lipinski definition) is 6. The third kappa shape index (κ3) is 5.50. The number of nitrogens with one attached hydrogen (secondary N) is 1. The first kappa shape index (κ1) is 24.0. The van der Waals surface area contributed by atoms with Crippen molar-refractivity contribution in [2.75, 3.05) is 64.3 Å². The first-order chi connectivity index (χ1) is 15.8. The molecule has 33 heavy (non-hydrogen) atoms. The Hall–Kier alpha value is -2.17. The van der Waals surface area contributed by atoms with Crippen LogP contribution < -0.4 is 10.2 Å². The van der Waals surface area contributed by atoms with Crippen LogP contribution in [0.15, 0.2) is 35.8 Å². The average Bonchev–Trinajstić information content (AvgIpc) is 3.35. The number of anilines is 1. The molecular weight excluding hydrogens is 451 g/mol. The average molecular weight is 482 g/mol. The number of aromatic nitrogens is 1. The molecule has 0 unspecified atom stereocenters. The second kappa shape index (κ2) is 9.99. The maximum atomic E-state index is 13.3. The molecule has 2 aromatic rings. The Morgan fingerprint density at radius 1 is 1.15 bits per heavy atom. The number of nitrogens with zero attached hydrogens (tertiary/aromatic N) is 4. The Balaban J connectivity index is 1.34. The van der Waals surface area contributed by atoms with Crippen LogP contribution in [0, 0.1) is 0 Å². The number of piperazine rings is 1. The Morgan fingerprint density at radius 2 is 1.88 bits per heavy atom. The molecule has 1 N–H and O–H groups in total. The smallest absolute Gasteiger partial charge is 0.346 e. The van der Waals surface area contributed by atoms with Crippen LogP contribution in [0.25, 0.3) is 0 Å². The topological polar surface area (TPSA) is 51.7 Å². The molecule has 0 saturated carbocycles. The number of benzene rings is 1. The van der Waals surface area contributed by atoms with E-state index >= 15 is 0 Å². The van der Waals surface area contributed by atoms with Crippen molar-refractivity contribution in [2.45, 2.75) is 24.4 Å². The quantitative estimate of drug-likeness (QED) is 0.688. The number of halogens is 3. The Bertz CT molecular complexity index is 920. The molecule has 4 rings (SSSR count). The fourth-order valence-corrected chi connectivity index (χ4v) is 5.57. The van der Waals surface area contributed by atoms with Gasteiger partial charge in [0.05, 0.1) is 12.1 Å². The highest BCUT2D eigenvalue weighted by Gasteiger charge is 2.39. The summed E-state index contributed by atoms with van der Waals surface area (Å²) in [7, 11) is 1.82. The molecule has 1 amide bonds. The molecule has 6 nitrogen and oxygen atoms in total. The molecule has 2 fully saturated rings. The molecule has 0 spiro atoms. The predicted molar refractivity (Wildman–Crippen MR) is 124 cm³/mol. The largest absolute Gasteiger partial charge is 0.416 e. The standard InChI is InChI=1S/C23H30F3N5OS/c1-27-17-22(18-3-2-4-19(15-18)23(24,25)26)5-8-30(9-6-22)20(32)16-29-10-12-31(13-11-29)21-28-7-14-33-21/h2-4,7,14-15,27H,5-6,8-13,16-17H2,1H3. The third-order valence-corrected chi connectivity index (χ3v) is 7.64. The minimum atomic E-state index is -4.36. The Kier molecular flexibility index (Phi) is 7.25. The van der Waals surface area contributed by atoms with Gasteiger partial charge in [0.25, 0.3) is 0 Å². The number of alkyl halides is 3. The first-order valence-electron chi connectivity index (χ1n) is 11.3. The van der Waals surface area contributed by atoms with Crippen LogP contribution in [-0.2, 0) is 16.4 Å². The van der Waals surface area contributed by atoms with E-state index in [9.17, 15) is 18.0 Å². The number of carbonyl (C=O) groups is 1. The lowest BCUT2D eigenvalue weighted by atomic mass is 9.72. The van der Waals surface area contributed by atoms with Crippen LogP contribution in [0.5, 0.6) is 0 Å². The van der Waals surface area contributed by atoms with Crippen LogP contribution in [0.4, 0.5) is 18.3 Å². The number of thiazole rings is 1. The van der Waals surface area contributed by atoms with E-state index in [0.29, 0.717) is 44.6 Å². The monoisotopic (exact) mass is 481 g/mol. The lowest BCUT2D eigenvalue weighted by Crippen LogP contribution is -2.53. The van der Waals surface area contributed by atoms with Crippen molar-refractivity contribution in [3.05, 3.63) is 47.0 Å². The number of rotatable bonds is 6. The van der Waals surface area contributed by atoms with Gasteiger partial charge in [-0.25, -0.2) is 4.98 Å². The maximum absolute atomic E-state index is 13.3. The predicted octanol–water partition coefficient (Wildman–Crippen LogP) is 3.06. The SMILES string of the molecule is CNCC1(c2cccc(C(F)(F)F)c2)CCN(C(=O)CN2CCN(c3nccs3)CC2)CC1. The summed E-state index contributed by atoms with van der Waals surface area (Å²) in [5.41, 5.74) is -0.338. The van der Waals surface area contributed by atoms with E-state index in [1.807, 2.05) is 17.3 Å². The molecule has 2 aliphatic rings. The van der Waals surface area contributed by atoms with Crippen molar-refractivity contribution < 1.29 is 18.0 Å². The summed E-state index contributed by atoms with van der Waals surface area (Å²) in [4.78, 5) is 23.6. The molecule has 180 valence electrons. The minimum absolute atomic E-state index is 0.0970. The van der Waals surface area contributed by atoms with E-state index in [-0.39, 0.29) is 5.91 Å². The fourth-order valence-electron chi connectivity index (χ4n) is 4.88. The number of piperidine rings is 1. The second-order valence-corrected chi connectivity index (χ2v) is 9.72. The van der Waals surface area contributed by atoms with Gasteiger partial charge in [0, 0.05) is 62.8 Å². The van der Waals surface area contributed by atoms with Crippen molar-refractivity contribution in [1.29, 1.82) is 0 Å². The third-order valence-electron chi connectivity index (χ3n) is 6.81. The highest BCUT2D eigenvalue weighted by molar-refractivity contribution is 7.13. The molecule has 1 aromatic carbocycles. The molecule has 0 radical (unpaired) electrons. The van der Waals surface area contributed by atoms with E-state index in [1.54, 1.807) is 23.6 Å². The fraction of sp³-hybridized carbons (Fsp3) is 0.565. The van der Waals surface area contributed by atoms with Crippen LogP contribution in [-0.4, -0.2) is 80.1 Å². The zero-order valence-electron chi connectivity index (χ0n) is 18.8. The molecule has 3 heterocycles. The van der Waals surface area contributed by atoms with Gasteiger partial charge in [-0.05, 0) is 31.5 Å². The van der Waals surface area contributed by atoms with Crippen LogP contribution in [0.1, 0.15) is 24.0 Å². The normalized spacial score (nSPS) is 19.6. The highest BCUT2D eigenvalue weighted by Crippen LogP contribution is 2.38. The van der Waals surface area contributed by atoms with Gasteiger partial charge >= 0.3 is 6.18 Å². The van der Waals surface area contributed by atoms with Gasteiger partial charge in [-0.2, -0.15) is 13.2 Å². The van der Waals surface area contributed by atoms with E-state index < -0.39 is 17.2 Å². The number of hydrogen-bond donors (Lipinski definition) is 1. The summed E-state index contributed by atoms with van der Waals surface area (Å²) >= 11 is 1.62. The van der Waals surface area contributed by atoms with Gasteiger partial charge in [-0.3, -0.25) is 9.69 Å². The first-order valence-corrected chi connectivity index (χ1v) is 12.2. The molecular formula is C23H30F3N5OS. The van der Waals surface area contributed by atoms with Gasteiger partial charge in [0.15, 0.2) is 5.13 Å². The van der Waals surface area contributed by atoms with E-state index in [0.717, 1.165) is 37.4 Å². The summed E-state index contributed by atoms with van der Waals surface area (Å²) < 4.78 is 39.8. The Labute approximate surface area is 196 Å². The van der Waals surface area contributed by atoms with Gasteiger partial charge in [-0.1, -0.05) is 18.2 Å². The molecule has 10 heteroatoms. The van der Waals surface area contributed by atoms with Crippen molar-refractivity contribution in [1.82, 2.24) is 20.1 Å². The Morgan fingerprint density at radius 3 is 2.48 bits per heavy atom. The number of likely N-dealkylation sites (tertiary alicyclic amines) is 1. The van der Waals surface area contributed by atoms with E-state index in [4.69, 9.17) is 0 Å². The van der Waals surface area contributed by atoms with E-state index in [2.05, 4.69) is 20.1 Å². The van der Waals surface area contributed by atoms with E-state index in [1.165, 1.54) is 12.1 Å². The summed E-state index contributed by atoms with van der Waals surface area (Å²) in [6.45, 7) is 5.39. The second-order valence-electron chi connectivity index (χ2n) is 8.85. The van der Waals surface area contributed by atoms with Gasteiger partial charge in [0.1, 0.15) is 0 Å². The molecule has 1 aromatic heterocycles. The minimum Gasteiger partial charge on any atom is -0.346 e. The molecule has 2 aliphatic heterocycles. The molecule has 0 aliphatic carbocycles. The molecule has 0 atom stereocenters. The zero-order chi connectivity index (χ0) is 23.5. The summed E-state index contributed by atoms with van der Waals surface area (Å²) in [6.07, 6.45) is -1.28. The van der Waals surface area contributed by atoms with Crippen molar-refractivity contribution in [3.63, 3.8) is 0 Å². The van der Waals surface area contributed by atoms with Crippen molar-refractivity contribution in [2.24, 2.45) is 0 Å². The summed E-state index contributed by atoms with van der Waals surface area (Å²) in [5, 5.41) is 6.15. The maximum Gasteiger partial charge on any atom is 0.416 e. The van der Waals surface area contributed by atoms with Gasteiger partial charge in [-0.15, -0.1) is 11.3 Å². The van der Waals surface area contributed by atoms with Crippen LogP contribution >= 0.6 is 11.3 Å². The lowest BCUT2D eigenvalue weighted by Gasteiger charge is -2.43. The highest BCUT2D eigenvalue weighted by atomic mass is 32.1. The lowest BCUT2D eigenvalue weighted by molar-refractivity contribution is -0.137. The van der Waals surface area contributed by atoms with Gasteiger partial charge in [0.2, 0.25) is 5.91 Å². The van der Waals surface area contributed by atoms with Crippen molar-refractivity contribution in [3.8, 4) is 0 Å². The molecule has 0 bridgehead atoms. The van der Waals surface area contributed by atoms with Gasteiger partial charge < -0.3 is 15.1 Å². The van der Waals surface area contributed by atoms with Crippen molar-refractivity contribution >= 4 is 22.4 Å². The number of carbonyl (C=O) groups excluding carboxylic acids is 1. The number of likely N-dealkylation sites (N-methyl/N-ethyl adjacent to an activating group) is 1. The zero-order valence-corrected chi connectivity index (χ0v) is 19.6. The summed E-state index contributed by atoms with van der Waals surface area (Å²) in [6, 6.07) is 5.66. The number of amides is 1. The molecule has 2 saturated heterocycles. The van der Waals surface area contributed by atoms with Crippen LogP contribution in [0.2, 0.25) is 0 Å².